The molecule has 1 atom stereocenters. The summed E-state index contributed by atoms with van der Waals surface area (Å²) in [6.07, 6.45) is 2.09. The van der Waals surface area contributed by atoms with Crippen LogP contribution in [0, 0.1) is 16.0 Å². The summed E-state index contributed by atoms with van der Waals surface area (Å²) in [6, 6.07) is 11.4. The Balaban J connectivity index is 1.88. The topological polar surface area (TPSA) is 98.3 Å². The molecule has 1 aliphatic carbocycles. The van der Waals surface area contributed by atoms with Gasteiger partial charge in [-0.15, -0.1) is 0 Å². The number of non-ortho nitro benzene ring substituents is 1. The Bertz CT molecular complexity index is 825. The molecule has 1 unspecified atom stereocenters. The van der Waals surface area contributed by atoms with E-state index < -0.39 is 4.92 Å². The molecule has 0 spiro atoms. The molecule has 3 rings (SSSR count). The summed E-state index contributed by atoms with van der Waals surface area (Å²) in [7, 11) is 0. The van der Waals surface area contributed by atoms with E-state index >= 15 is 0 Å². The van der Waals surface area contributed by atoms with E-state index in [1.807, 2.05) is 12.1 Å². The van der Waals surface area contributed by atoms with Crippen molar-refractivity contribution in [2.45, 2.75) is 28.7 Å². The molecule has 2 aromatic carbocycles. The van der Waals surface area contributed by atoms with Crippen LogP contribution >= 0.6 is 23.4 Å². The average molecular weight is 392 g/mol. The summed E-state index contributed by atoms with van der Waals surface area (Å²) in [6.45, 7) is 0.352. The van der Waals surface area contributed by atoms with E-state index in [4.69, 9.17) is 17.3 Å². The summed E-state index contributed by atoms with van der Waals surface area (Å²) in [4.78, 5) is 24.9. The molecule has 3 N–H and O–H groups in total. The first kappa shape index (κ1) is 18.7. The smallest absolute Gasteiger partial charge is 0.270 e. The van der Waals surface area contributed by atoms with Crippen molar-refractivity contribution in [2.24, 2.45) is 11.7 Å². The van der Waals surface area contributed by atoms with Gasteiger partial charge in [-0.05, 0) is 49.1 Å². The third-order valence-electron chi connectivity index (χ3n) is 4.22. The zero-order valence-corrected chi connectivity index (χ0v) is 15.4. The van der Waals surface area contributed by atoms with Gasteiger partial charge in [-0.1, -0.05) is 23.4 Å². The minimum atomic E-state index is -0.505. The SMILES string of the molecule is NCC(NC(=O)c1cc([N+](=O)[O-])ccc1Sc1ccc(Cl)cc1)C1CC1. The summed E-state index contributed by atoms with van der Waals surface area (Å²) < 4.78 is 0. The van der Waals surface area contributed by atoms with E-state index in [1.54, 1.807) is 18.2 Å². The van der Waals surface area contributed by atoms with E-state index in [-0.39, 0.29) is 23.2 Å². The fraction of sp³-hybridized carbons (Fsp3) is 0.278. The van der Waals surface area contributed by atoms with Gasteiger partial charge in [0, 0.05) is 39.5 Å². The van der Waals surface area contributed by atoms with Crippen LogP contribution in [0.3, 0.4) is 0 Å². The normalized spacial score (nSPS) is 14.7. The van der Waals surface area contributed by atoms with Crippen LogP contribution in [0.5, 0.6) is 0 Å². The van der Waals surface area contributed by atoms with E-state index in [0.29, 0.717) is 22.4 Å². The lowest BCUT2D eigenvalue weighted by molar-refractivity contribution is -0.384. The highest BCUT2D eigenvalue weighted by molar-refractivity contribution is 7.99. The first-order chi connectivity index (χ1) is 12.5. The van der Waals surface area contributed by atoms with Crippen LogP contribution in [-0.2, 0) is 0 Å². The molecule has 136 valence electrons. The molecule has 26 heavy (non-hydrogen) atoms. The predicted octanol–water partition coefficient (Wildman–Crippen LogP) is 3.87. The lowest BCUT2D eigenvalue weighted by Gasteiger charge is -2.17. The van der Waals surface area contributed by atoms with Gasteiger partial charge in [0.1, 0.15) is 0 Å². The third-order valence-corrected chi connectivity index (χ3v) is 5.56. The Kier molecular flexibility index (Phi) is 5.80. The highest BCUT2D eigenvalue weighted by atomic mass is 35.5. The number of nitro groups is 1. The number of nitrogens with zero attached hydrogens (tertiary/aromatic N) is 1. The van der Waals surface area contributed by atoms with Gasteiger partial charge in [0.25, 0.3) is 11.6 Å². The van der Waals surface area contributed by atoms with Crippen molar-refractivity contribution < 1.29 is 9.72 Å². The Labute approximate surface area is 160 Å². The molecule has 8 heteroatoms. The van der Waals surface area contributed by atoms with Crippen molar-refractivity contribution in [2.75, 3.05) is 6.54 Å². The summed E-state index contributed by atoms with van der Waals surface area (Å²) in [5, 5.41) is 14.7. The highest BCUT2D eigenvalue weighted by Gasteiger charge is 2.32. The predicted molar refractivity (Wildman–Crippen MR) is 102 cm³/mol. The van der Waals surface area contributed by atoms with Crippen LogP contribution < -0.4 is 11.1 Å². The van der Waals surface area contributed by atoms with Crippen LogP contribution in [-0.4, -0.2) is 23.4 Å². The zero-order valence-electron chi connectivity index (χ0n) is 13.9. The molecule has 0 aromatic heterocycles. The molecule has 1 amide bonds. The van der Waals surface area contributed by atoms with E-state index in [1.165, 1.54) is 23.9 Å². The van der Waals surface area contributed by atoms with E-state index in [2.05, 4.69) is 5.32 Å². The molecule has 0 radical (unpaired) electrons. The van der Waals surface area contributed by atoms with Gasteiger partial charge < -0.3 is 11.1 Å². The van der Waals surface area contributed by atoms with E-state index in [9.17, 15) is 14.9 Å². The number of nitro benzene ring substituents is 1. The maximum Gasteiger partial charge on any atom is 0.270 e. The number of carbonyl (C=O) groups excluding carboxylic acids is 1. The first-order valence-electron chi connectivity index (χ1n) is 8.20. The highest BCUT2D eigenvalue weighted by Crippen LogP contribution is 2.35. The van der Waals surface area contributed by atoms with Crippen LogP contribution in [0.15, 0.2) is 52.3 Å². The first-order valence-corrected chi connectivity index (χ1v) is 9.40. The number of benzene rings is 2. The summed E-state index contributed by atoms with van der Waals surface area (Å²) >= 11 is 7.26. The number of amides is 1. The van der Waals surface area contributed by atoms with E-state index in [0.717, 1.165) is 17.7 Å². The lowest BCUT2D eigenvalue weighted by atomic mass is 10.1. The quantitative estimate of drug-likeness (QED) is 0.551. The second-order valence-corrected chi connectivity index (χ2v) is 7.70. The van der Waals surface area contributed by atoms with Crippen LogP contribution in [0.4, 0.5) is 5.69 Å². The maximum absolute atomic E-state index is 12.8. The molecule has 6 nitrogen and oxygen atoms in total. The van der Waals surface area contributed by atoms with Gasteiger partial charge in [0.2, 0.25) is 0 Å². The van der Waals surface area contributed by atoms with Gasteiger partial charge >= 0.3 is 0 Å². The maximum atomic E-state index is 12.8. The molecule has 0 heterocycles. The van der Waals surface area contributed by atoms with Crippen molar-refractivity contribution in [3.8, 4) is 0 Å². The van der Waals surface area contributed by atoms with Gasteiger partial charge in [-0.2, -0.15) is 0 Å². The molecular formula is C18H18ClN3O3S. The molecule has 0 aliphatic heterocycles. The number of rotatable bonds is 7. The lowest BCUT2D eigenvalue weighted by Crippen LogP contribution is -2.41. The van der Waals surface area contributed by atoms with Crippen molar-refractivity contribution in [1.29, 1.82) is 0 Å². The van der Waals surface area contributed by atoms with Gasteiger partial charge in [0.05, 0.1) is 10.5 Å². The Hall–Kier alpha value is -2.09. The molecule has 1 fully saturated rings. The number of carbonyl (C=O) groups is 1. The standard InChI is InChI=1S/C18H18ClN3O3S/c19-12-3-6-14(7-4-12)26-17-8-5-13(22(24)25)9-15(17)18(23)21-16(10-20)11-1-2-11/h3-9,11,16H,1-2,10,20H2,(H,21,23). The number of halogens is 1. The fourth-order valence-electron chi connectivity index (χ4n) is 2.64. The van der Waals surface area contributed by atoms with Crippen LogP contribution in [0.2, 0.25) is 5.02 Å². The minimum Gasteiger partial charge on any atom is -0.348 e. The molecule has 2 aromatic rings. The van der Waals surface area contributed by atoms with Crippen molar-refractivity contribution >= 4 is 35.0 Å². The minimum absolute atomic E-state index is 0.102. The molecular weight excluding hydrogens is 374 g/mol. The van der Waals surface area contributed by atoms with Gasteiger partial charge in [-0.25, -0.2) is 0 Å². The van der Waals surface area contributed by atoms with Crippen molar-refractivity contribution in [3.05, 3.63) is 63.2 Å². The Morgan fingerprint density at radius 1 is 1.31 bits per heavy atom. The van der Waals surface area contributed by atoms with Crippen LogP contribution in [0.25, 0.3) is 0 Å². The second kappa shape index (κ2) is 8.07. The Morgan fingerprint density at radius 3 is 2.58 bits per heavy atom. The Morgan fingerprint density at radius 2 is 2.00 bits per heavy atom. The van der Waals surface area contributed by atoms with Gasteiger partial charge in [0.15, 0.2) is 0 Å². The van der Waals surface area contributed by atoms with Crippen molar-refractivity contribution in [1.82, 2.24) is 5.32 Å². The number of hydrogen-bond acceptors (Lipinski definition) is 5. The average Bonchev–Trinajstić information content (AvgIpc) is 3.46. The largest absolute Gasteiger partial charge is 0.348 e. The monoisotopic (exact) mass is 391 g/mol. The third kappa shape index (κ3) is 4.55. The number of nitrogens with one attached hydrogen (secondary N) is 1. The molecule has 0 saturated heterocycles. The molecule has 1 aliphatic rings. The van der Waals surface area contributed by atoms with Crippen LogP contribution in [0.1, 0.15) is 23.2 Å². The summed E-state index contributed by atoms with van der Waals surface area (Å²) in [5.74, 6) is 0.0579. The van der Waals surface area contributed by atoms with Gasteiger partial charge in [-0.3, -0.25) is 14.9 Å². The number of nitrogens with two attached hydrogens (primary N) is 1. The summed E-state index contributed by atoms with van der Waals surface area (Å²) in [5.41, 5.74) is 5.91. The number of hydrogen-bond donors (Lipinski definition) is 2. The molecule has 0 bridgehead atoms. The van der Waals surface area contributed by atoms with Crippen molar-refractivity contribution in [3.63, 3.8) is 0 Å². The zero-order chi connectivity index (χ0) is 18.7. The molecule has 1 saturated carbocycles. The second-order valence-electron chi connectivity index (χ2n) is 6.15. The fourth-order valence-corrected chi connectivity index (χ4v) is 3.69.